The molecule has 0 saturated heterocycles. The predicted octanol–water partition coefficient (Wildman–Crippen LogP) is -2.18. The van der Waals surface area contributed by atoms with Crippen LogP contribution in [0.15, 0.2) is 0 Å². The van der Waals surface area contributed by atoms with Crippen LogP contribution in [0.3, 0.4) is 0 Å². The molecule has 1 amide bonds. The van der Waals surface area contributed by atoms with Crippen LogP contribution in [0, 0.1) is 0 Å². The fraction of sp³-hybridized carbons (Fsp3) is 0.625. The van der Waals surface area contributed by atoms with E-state index in [0.29, 0.717) is 6.54 Å². The molecule has 0 aromatic heterocycles. The minimum atomic E-state index is -1.33. The lowest BCUT2D eigenvalue weighted by Crippen LogP contribution is -2.30. The molecule has 0 radical (unpaired) electrons. The van der Waals surface area contributed by atoms with Gasteiger partial charge >= 0.3 is 18.0 Å². The first-order chi connectivity index (χ1) is 8.18. The molecule has 0 heterocycles. The van der Waals surface area contributed by atoms with Crippen molar-refractivity contribution in [3.05, 3.63) is 0 Å². The molecule has 0 bridgehead atoms. The lowest BCUT2D eigenvalue weighted by Gasteiger charge is -2.01. The molecule has 0 fully saturated rings. The van der Waals surface area contributed by atoms with Crippen molar-refractivity contribution in [2.45, 2.75) is 18.9 Å². The summed E-state index contributed by atoms with van der Waals surface area (Å²) in [6.45, 7) is 0.472. The molecule has 0 spiro atoms. The molecule has 10 N–H and O–H groups in total. The van der Waals surface area contributed by atoms with Gasteiger partial charge in [-0.1, -0.05) is 0 Å². The highest BCUT2D eigenvalue weighted by atomic mass is 16.4. The van der Waals surface area contributed by atoms with Crippen LogP contribution in [0.5, 0.6) is 0 Å². The number of carbonyl (C=O) groups is 3. The van der Waals surface area contributed by atoms with Crippen molar-refractivity contribution >= 4 is 18.0 Å². The van der Waals surface area contributed by atoms with Gasteiger partial charge in [0.25, 0.3) is 0 Å². The van der Waals surface area contributed by atoms with E-state index in [1.165, 1.54) is 0 Å². The number of primary amides is 1. The number of aliphatic hydroxyl groups is 1. The van der Waals surface area contributed by atoms with Crippen LogP contribution in [-0.4, -0.2) is 57.7 Å². The minimum Gasteiger partial charge on any atom is -0.481 e. The van der Waals surface area contributed by atoms with E-state index in [0.717, 1.165) is 0 Å². The third-order valence-corrected chi connectivity index (χ3v) is 1.12. The van der Waals surface area contributed by atoms with Gasteiger partial charge in [-0.2, -0.15) is 0 Å². The monoisotopic (exact) mass is 269 g/mol. The molecule has 0 aliphatic rings. The highest BCUT2D eigenvalue weighted by molar-refractivity contribution is 5.74. The number of aliphatic carboxylic acids is 2. The number of hydrogen-bond acceptors (Lipinski definition) is 6. The maximum atomic E-state index is 9.99. The van der Waals surface area contributed by atoms with E-state index in [2.05, 4.69) is 5.73 Å². The number of rotatable bonds is 5. The summed E-state index contributed by atoms with van der Waals surface area (Å²) in [5.41, 5.74) is 13.8. The van der Waals surface area contributed by atoms with Crippen LogP contribution >= 0.6 is 0 Å². The Kier molecular flexibility index (Phi) is 17.9. The fourth-order valence-corrected chi connectivity index (χ4v) is 0.402. The molecule has 0 unspecified atom stereocenters. The van der Waals surface area contributed by atoms with Gasteiger partial charge in [-0.15, -0.1) is 0 Å². The summed E-state index contributed by atoms with van der Waals surface area (Å²) >= 11 is 0. The van der Waals surface area contributed by atoms with E-state index >= 15 is 0 Å². The van der Waals surface area contributed by atoms with Crippen LogP contribution in [0.25, 0.3) is 0 Å². The zero-order valence-corrected chi connectivity index (χ0v) is 9.65. The molecule has 0 rings (SSSR count). The SMILES string of the molecule is NC(=O)O.NCCO.N[C@@H](CCC(=O)O)C(=O)O. The molecule has 0 saturated carbocycles. The Morgan fingerprint density at radius 2 is 1.44 bits per heavy atom. The van der Waals surface area contributed by atoms with Crippen LogP contribution in [0.2, 0.25) is 0 Å². The number of carboxylic acids is 2. The Morgan fingerprint density at radius 1 is 1.11 bits per heavy atom. The molecule has 1 atom stereocenters. The first-order valence-corrected chi connectivity index (χ1v) is 4.68. The highest BCUT2D eigenvalue weighted by Gasteiger charge is 2.12. The average molecular weight is 269 g/mol. The summed E-state index contributed by atoms with van der Waals surface area (Å²) in [4.78, 5) is 28.6. The first-order valence-electron chi connectivity index (χ1n) is 4.68. The maximum absolute atomic E-state index is 9.99. The lowest BCUT2D eigenvalue weighted by atomic mass is 10.2. The summed E-state index contributed by atoms with van der Waals surface area (Å²) in [6.07, 6.45) is -1.56. The summed E-state index contributed by atoms with van der Waals surface area (Å²) < 4.78 is 0. The molecule has 0 aliphatic heterocycles. The Morgan fingerprint density at radius 3 is 1.61 bits per heavy atom. The molecule has 10 nitrogen and oxygen atoms in total. The molecular formula is C8H19N3O7. The van der Waals surface area contributed by atoms with E-state index in [4.69, 9.17) is 36.7 Å². The number of nitrogens with two attached hydrogens (primary N) is 3. The topological polar surface area (TPSA) is 210 Å². The van der Waals surface area contributed by atoms with Gasteiger partial charge in [-0.3, -0.25) is 9.59 Å². The van der Waals surface area contributed by atoms with Crippen molar-refractivity contribution < 1.29 is 34.8 Å². The van der Waals surface area contributed by atoms with Crippen molar-refractivity contribution in [1.29, 1.82) is 0 Å². The second-order valence-electron chi connectivity index (χ2n) is 2.73. The van der Waals surface area contributed by atoms with Gasteiger partial charge in [-0.25, -0.2) is 4.79 Å². The smallest absolute Gasteiger partial charge is 0.402 e. The van der Waals surface area contributed by atoms with Crippen LogP contribution in [0.4, 0.5) is 4.79 Å². The van der Waals surface area contributed by atoms with E-state index in [-0.39, 0.29) is 19.4 Å². The third-order valence-electron chi connectivity index (χ3n) is 1.12. The second-order valence-corrected chi connectivity index (χ2v) is 2.73. The van der Waals surface area contributed by atoms with Gasteiger partial charge < -0.3 is 37.6 Å². The Labute approximate surface area is 103 Å². The summed E-state index contributed by atoms with van der Waals surface area (Å²) in [7, 11) is 0. The predicted molar refractivity (Wildman–Crippen MR) is 60.8 cm³/mol. The molecule has 18 heavy (non-hydrogen) atoms. The van der Waals surface area contributed by atoms with E-state index in [1.807, 2.05) is 0 Å². The summed E-state index contributed by atoms with van der Waals surface area (Å²) in [5.74, 6) is -2.20. The Hall–Kier alpha value is -1.91. The highest BCUT2D eigenvalue weighted by Crippen LogP contribution is 1.93. The van der Waals surface area contributed by atoms with Crippen molar-refractivity contribution in [3.8, 4) is 0 Å². The van der Waals surface area contributed by atoms with Crippen molar-refractivity contribution in [1.82, 2.24) is 0 Å². The maximum Gasteiger partial charge on any atom is 0.402 e. The van der Waals surface area contributed by atoms with Gasteiger partial charge in [0.2, 0.25) is 0 Å². The molecule has 10 heteroatoms. The summed E-state index contributed by atoms with van der Waals surface area (Å²) in [5, 5.41) is 31.2. The Bertz CT molecular complexity index is 241. The van der Waals surface area contributed by atoms with Gasteiger partial charge in [0.1, 0.15) is 6.04 Å². The normalized spacial score (nSPS) is 9.94. The van der Waals surface area contributed by atoms with Crippen molar-refractivity contribution in [3.63, 3.8) is 0 Å². The molecule has 0 aromatic carbocycles. The van der Waals surface area contributed by atoms with E-state index in [1.54, 1.807) is 0 Å². The van der Waals surface area contributed by atoms with E-state index in [9.17, 15) is 9.59 Å². The number of hydrogen-bond donors (Lipinski definition) is 7. The van der Waals surface area contributed by atoms with Crippen molar-refractivity contribution in [2.75, 3.05) is 13.2 Å². The second kappa shape index (κ2) is 15.1. The zero-order valence-electron chi connectivity index (χ0n) is 9.65. The van der Waals surface area contributed by atoms with Crippen LogP contribution < -0.4 is 17.2 Å². The first kappa shape index (κ1) is 21.4. The number of aliphatic hydroxyl groups excluding tert-OH is 1. The van der Waals surface area contributed by atoms with Gasteiger partial charge in [0, 0.05) is 13.0 Å². The average Bonchev–Trinajstić information content (AvgIpc) is 2.25. The van der Waals surface area contributed by atoms with Crippen LogP contribution in [0.1, 0.15) is 12.8 Å². The molecule has 108 valence electrons. The molecular weight excluding hydrogens is 250 g/mol. The number of amides is 1. The summed E-state index contributed by atoms with van der Waals surface area (Å²) in [6, 6.07) is -1.06. The number of carboxylic acid groups (broad SMARTS) is 3. The minimum absolute atomic E-state index is 0.0231. The van der Waals surface area contributed by atoms with Crippen LogP contribution in [-0.2, 0) is 9.59 Å². The lowest BCUT2D eigenvalue weighted by molar-refractivity contribution is -0.139. The molecule has 0 aliphatic carbocycles. The standard InChI is InChI=1S/C5H9NO4.C2H7NO.CH3NO2/c6-3(5(9)10)1-2-4(7)8;3-1-2-4;2-1(3)4/h3H,1-2,6H2,(H,7,8)(H,9,10);4H,1-3H2;2H2,(H,3,4)/t3-;;/m0../s1. The largest absolute Gasteiger partial charge is 0.481 e. The fourth-order valence-electron chi connectivity index (χ4n) is 0.402. The van der Waals surface area contributed by atoms with Gasteiger partial charge in [0.05, 0.1) is 6.61 Å². The van der Waals surface area contributed by atoms with Gasteiger partial charge in [-0.05, 0) is 6.42 Å². The quantitative estimate of drug-likeness (QED) is 0.288. The van der Waals surface area contributed by atoms with Crippen molar-refractivity contribution in [2.24, 2.45) is 17.2 Å². The third kappa shape index (κ3) is 36.9. The zero-order chi connectivity index (χ0) is 15.1. The molecule has 0 aromatic rings. The Balaban J connectivity index is -0.000000233. The van der Waals surface area contributed by atoms with Gasteiger partial charge in [0.15, 0.2) is 0 Å². The van der Waals surface area contributed by atoms with E-state index < -0.39 is 24.1 Å².